The van der Waals surface area contributed by atoms with Gasteiger partial charge < -0.3 is 15.1 Å². The van der Waals surface area contributed by atoms with E-state index in [1.54, 1.807) is 12.1 Å². The van der Waals surface area contributed by atoms with E-state index in [0.29, 0.717) is 29.8 Å². The first-order valence-electron chi connectivity index (χ1n) is 14.3. The topological polar surface area (TPSA) is 112 Å². The molecule has 4 heterocycles. The lowest BCUT2D eigenvalue weighted by Gasteiger charge is -2.37. The minimum atomic E-state index is -3.55. The van der Waals surface area contributed by atoms with Gasteiger partial charge in [-0.25, -0.2) is 17.9 Å². The zero-order valence-corrected chi connectivity index (χ0v) is 25.0. The standard InChI is InChI=1S/C29H41N7O3S/c1-6-21-10-11-23(33-40(5,38)39)22(15-21)29(37)35-13-8-7-9-26(35)24-16-27-31-28(20(4)17-36(27)32-24)34-14-12-30-25(18-34)19(2)3/h10-11,15-17,19,25-26,30,33H,6-9,12-14,18H2,1-5H3/t25?,26-/m0/s1. The largest absolute Gasteiger partial charge is 0.353 e. The fourth-order valence-corrected chi connectivity index (χ4v) is 6.41. The normalized spacial score (nSPS) is 20.4. The maximum absolute atomic E-state index is 14.0. The number of fused-ring (bicyclic) bond motifs is 1. The van der Waals surface area contributed by atoms with Crippen molar-refractivity contribution in [2.75, 3.05) is 42.1 Å². The van der Waals surface area contributed by atoms with E-state index in [4.69, 9.17) is 10.1 Å². The smallest absolute Gasteiger partial charge is 0.256 e. The molecule has 0 aliphatic carbocycles. The quantitative estimate of drug-likeness (QED) is 0.447. The first-order valence-corrected chi connectivity index (χ1v) is 16.2. The van der Waals surface area contributed by atoms with Crippen LogP contribution in [0.25, 0.3) is 5.65 Å². The van der Waals surface area contributed by atoms with Gasteiger partial charge in [0.2, 0.25) is 10.0 Å². The van der Waals surface area contributed by atoms with Gasteiger partial charge in [0.1, 0.15) is 5.82 Å². The SMILES string of the molecule is CCc1ccc(NS(C)(=O)=O)c(C(=O)N2CCCC[C@H]2c2cc3nc(N4CCNC(C(C)C)C4)c(C)cn3n2)c1. The molecule has 2 fully saturated rings. The summed E-state index contributed by atoms with van der Waals surface area (Å²) < 4.78 is 28.5. The van der Waals surface area contributed by atoms with E-state index in [1.165, 1.54) is 0 Å². The van der Waals surface area contributed by atoms with Crippen LogP contribution in [-0.4, -0.2) is 72.3 Å². The van der Waals surface area contributed by atoms with E-state index in [1.807, 2.05) is 34.7 Å². The van der Waals surface area contributed by atoms with Crippen molar-refractivity contribution >= 4 is 33.1 Å². The predicted octanol–water partition coefficient (Wildman–Crippen LogP) is 3.77. The molecule has 0 radical (unpaired) electrons. The molecule has 216 valence electrons. The fourth-order valence-electron chi connectivity index (χ4n) is 5.83. The number of piperidine rings is 1. The molecule has 1 amide bonds. The van der Waals surface area contributed by atoms with E-state index < -0.39 is 10.0 Å². The number of hydrogen-bond acceptors (Lipinski definition) is 7. The summed E-state index contributed by atoms with van der Waals surface area (Å²) in [5.41, 5.74) is 4.29. The minimum Gasteiger partial charge on any atom is -0.353 e. The first-order chi connectivity index (χ1) is 19.0. The van der Waals surface area contributed by atoms with Crippen molar-refractivity contribution in [3.63, 3.8) is 0 Å². The fraction of sp³-hybridized carbons (Fsp3) is 0.552. The molecule has 5 rings (SSSR count). The van der Waals surface area contributed by atoms with E-state index in [9.17, 15) is 13.2 Å². The lowest BCUT2D eigenvalue weighted by molar-refractivity contribution is 0.0606. The van der Waals surface area contributed by atoms with Gasteiger partial charge in [0.25, 0.3) is 5.91 Å². The number of aromatic nitrogens is 3. The Kier molecular flexibility index (Phi) is 8.05. The maximum atomic E-state index is 14.0. The van der Waals surface area contributed by atoms with Crippen LogP contribution in [0.3, 0.4) is 0 Å². The van der Waals surface area contributed by atoms with E-state index >= 15 is 0 Å². The van der Waals surface area contributed by atoms with Crippen LogP contribution in [-0.2, 0) is 16.4 Å². The lowest BCUT2D eigenvalue weighted by atomic mass is 9.97. The zero-order valence-electron chi connectivity index (χ0n) is 24.1. The highest BCUT2D eigenvalue weighted by atomic mass is 32.2. The number of nitrogens with zero attached hydrogens (tertiary/aromatic N) is 5. The molecule has 40 heavy (non-hydrogen) atoms. The van der Waals surface area contributed by atoms with Gasteiger partial charge in [-0.3, -0.25) is 9.52 Å². The molecule has 0 saturated carbocycles. The number of sulfonamides is 1. The van der Waals surface area contributed by atoms with Crippen molar-refractivity contribution in [2.45, 2.75) is 65.5 Å². The molecule has 2 aromatic heterocycles. The number of piperazine rings is 1. The third-order valence-corrected chi connectivity index (χ3v) is 8.65. The maximum Gasteiger partial charge on any atom is 0.256 e. The highest BCUT2D eigenvalue weighted by Gasteiger charge is 2.32. The van der Waals surface area contributed by atoms with Crippen molar-refractivity contribution in [3.05, 3.63) is 52.8 Å². The van der Waals surface area contributed by atoms with Gasteiger partial charge in [-0.15, -0.1) is 0 Å². The van der Waals surface area contributed by atoms with Crippen LogP contribution in [0.1, 0.15) is 73.3 Å². The Balaban J connectivity index is 1.47. The number of nitrogens with one attached hydrogen (secondary N) is 2. The van der Waals surface area contributed by atoms with E-state index in [-0.39, 0.29) is 11.9 Å². The molecular formula is C29H41N7O3S. The summed E-state index contributed by atoms with van der Waals surface area (Å²) in [6.45, 7) is 11.9. The second-order valence-corrected chi connectivity index (χ2v) is 13.2. The van der Waals surface area contributed by atoms with Crippen LogP contribution in [0.15, 0.2) is 30.5 Å². The summed E-state index contributed by atoms with van der Waals surface area (Å²) in [5, 5.41) is 8.50. The van der Waals surface area contributed by atoms with Crippen molar-refractivity contribution in [2.24, 2.45) is 5.92 Å². The molecule has 1 aromatic carbocycles. The van der Waals surface area contributed by atoms with Gasteiger partial charge in [0.05, 0.1) is 29.2 Å². The molecule has 1 unspecified atom stereocenters. The molecule has 10 nitrogen and oxygen atoms in total. The highest BCUT2D eigenvalue weighted by molar-refractivity contribution is 7.92. The van der Waals surface area contributed by atoms with Crippen molar-refractivity contribution < 1.29 is 13.2 Å². The summed E-state index contributed by atoms with van der Waals surface area (Å²) >= 11 is 0. The molecule has 2 aliphatic rings. The Morgan fingerprint density at radius 1 is 1.20 bits per heavy atom. The molecule has 2 atom stereocenters. The number of rotatable bonds is 7. The average Bonchev–Trinajstić information content (AvgIpc) is 3.34. The molecule has 3 aromatic rings. The number of hydrogen-bond donors (Lipinski definition) is 2. The Morgan fingerprint density at radius 3 is 2.73 bits per heavy atom. The molecular weight excluding hydrogens is 526 g/mol. The van der Waals surface area contributed by atoms with Crippen LogP contribution in [0.2, 0.25) is 0 Å². The van der Waals surface area contributed by atoms with Crippen LogP contribution in [0.4, 0.5) is 11.5 Å². The highest BCUT2D eigenvalue weighted by Crippen LogP contribution is 2.34. The molecule has 2 saturated heterocycles. The summed E-state index contributed by atoms with van der Waals surface area (Å²) in [4.78, 5) is 23.2. The van der Waals surface area contributed by atoms with Crippen molar-refractivity contribution in [1.29, 1.82) is 0 Å². The number of likely N-dealkylation sites (tertiary alicyclic amines) is 1. The number of amides is 1. The summed E-state index contributed by atoms with van der Waals surface area (Å²) in [6, 6.07) is 7.55. The summed E-state index contributed by atoms with van der Waals surface area (Å²) in [7, 11) is -3.55. The van der Waals surface area contributed by atoms with Crippen molar-refractivity contribution in [1.82, 2.24) is 24.8 Å². The monoisotopic (exact) mass is 567 g/mol. The third-order valence-electron chi connectivity index (χ3n) is 8.06. The Bertz CT molecular complexity index is 1500. The van der Waals surface area contributed by atoms with E-state index in [0.717, 1.165) is 79.9 Å². The molecule has 2 aliphatic heterocycles. The zero-order chi connectivity index (χ0) is 28.6. The van der Waals surface area contributed by atoms with Crippen molar-refractivity contribution in [3.8, 4) is 0 Å². The average molecular weight is 568 g/mol. The molecule has 11 heteroatoms. The number of carbonyl (C=O) groups is 1. The molecule has 2 N–H and O–H groups in total. The Morgan fingerprint density at radius 2 is 2.00 bits per heavy atom. The van der Waals surface area contributed by atoms with Crippen LogP contribution in [0.5, 0.6) is 0 Å². The van der Waals surface area contributed by atoms with Crippen LogP contribution in [0, 0.1) is 12.8 Å². The van der Waals surface area contributed by atoms with Gasteiger partial charge >= 0.3 is 0 Å². The number of aryl methyl sites for hydroxylation is 2. The first kappa shape index (κ1) is 28.4. The third kappa shape index (κ3) is 5.95. The lowest BCUT2D eigenvalue weighted by Crippen LogP contribution is -2.53. The van der Waals surface area contributed by atoms with Gasteiger partial charge in [0.15, 0.2) is 5.65 Å². The Labute approximate surface area is 237 Å². The number of anilines is 2. The van der Waals surface area contributed by atoms with Gasteiger partial charge in [0, 0.05) is 50.0 Å². The second kappa shape index (κ2) is 11.4. The Hall–Kier alpha value is -3.18. The van der Waals surface area contributed by atoms with Crippen LogP contribution < -0.4 is 14.9 Å². The van der Waals surface area contributed by atoms with E-state index in [2.05, 4.69) is 35.7 Å². The summed E-state index contributed by atoms with van der Waals surface area (Å²) in [5.74, 6) is 1.33. The number of benzene rings is 1. The number of carbonyl (C=O) groups excluding carboxylic acids is 1. The van der Waals surface area contributed by atoms with Gasteiger partial charge in [-0.05, 0) is 56.2 Å². The second-order valence-electron chi connectivity index (χ2n) is 11.5. The van der Waals surface area contributed by atoms with Crippen LogP contribution >= 0.6 is 0 Å². The van der Waals surface area contributed by atoms with Gasteiger partial charge in [-0.1, -0.05) is 26.8 Å². The predicted molar refractivity (Wildman–Crippen MR) is 158 cm³/mol. The molecule has 0 bridgehead atoms. The summed E-state index contributed by atoms with van der Waals surface area (Å²) in [6.07, 6.45) is 6.54. The van der Waals surface area contributed by atoms with Gasteiger partial charge in [-0.2, -0.15) is 5.10 Å². The minimum absolute atomic E-state index is 0.187. The molecule has 0 spiro atoms.